The van der Waals surface area contributed by atoms with Gasteiger partial charge in [0.05, 0.1) is 16.3 Å². The number of nitrogens with one attached hydrogen (secondary N) is 1. The van der Waals surface area contributed by atoms with Gasteiger partial charge in [0.15, 0.2) is 0 Å². The molecule has 1 aliphatic rings. The van der Waals surface area contributed by atoms with Crippen LogP contribution in [0.2, 0.25) is 0 Å². The highest BCUT2D eigenvalue weighted by Crippen LogP contribution is 2.38. The Bertz CT molecular complexity index is 584. The highest BCUT2D eigenvalue weighted by Gasteiger charge is 2.36. The summed E-state index contributed by atoms with van der Waals surface area (Å²) in [6, 6.07) is 5.36. The molecule has 1 saturated carbocycles. The lowest BCUT2D eigenvalue weighted by molar-refractivity contribution is 0.521. The van der Waals surface area contributed by atoms with Crippen LogP contribution in [0.15, 0.2) is 23.1 Å². The number of hydrogen-bond donors (Lipinski definition) is 2. The average Bonchev–Trinajstić information content (AvgIpc) is 3.10. The number of rotatable bonds is 6. The van der Waals surface area contributed by atoms with Gasteiger partial charge in [0, 0.05) is 20.1 Å². The number of benzene rings is 1. The van der Waals surface area contributed by atoms with E-state index >= 15 is 0 Å². The quantitative estimate of drug-likeness (QED) is 0.789. The van der Waals surface area contributed by atoms with Gasteiger partial charge in [0.2, 0.25) is 10.0 Å². The monoisotopic (exact) mass is 297 g/mol. The van der Waals surface area contributed by atoms with E-state index in [9.17, 15) is 8.42 Å². The van der Waals surface area contributed by atoms with Crippen LogP contribution in [0.4, 0.5) is 11.4 Å². The number of anilines is 2. The van der Waals surface area contributed by atoms with Crippen molar-refractivity contribution < 1.29 is 8.42 Å². The van der Waals surface area contributed by atoms with Crippen LogP contribution in [0, 0.1) is 5.92 Å². The Hall–Kier alpha value is -1.27. The standard InChI is InChI=1S/C14H23N3O2S/c1-4-5-10-8-14(10)16-13-7-6-11(9-12(13)15)20(18,19)17(2)3/h6-7,9-10,14,16H,4-5,8,15H2,1-3H3. The van der Waals surface area contributed by atoms with Gasteiger partial charge in [-0.15, -0.1) is 0 Å². The summed E-state index contributed by atoms with van der Waals surface area (Å²) in [5.74, 6) is 0.726. The van der Waals surface area contributed by atoms with Gasteiger partial charge in [-0.3, -0.25) is 0 Å². The van der Waals surface area contributed by atoms with Gasteiger partial charge < -0.3 is 11.1 Å². The average molecular weight is 297 g/mol. The molecule has 2 unspecified atom stereocenters. The van der Waals surface area contributed by atoms with Crippen LogP contribution in [0.5, 0.6) is 0 Å². The summed E-state index contributed by atoms with van der Waals surface area (Å²) in [6.07, 6.45) is 3.59. The number of nitrogen functional groups attached to an aromatic ring is 1. The third-order valence-electron chi connectivity index (χ3n) is 3.72. The van der Waals surface area contributed by atoms with Crippen molar-refractivity contribution in [3.63, 3.8) is 0 Å². The minimum atomic E-state index is -3.42. The summed E-state index contributed by atoms with van der Waals surface area (Å²) in [6.45, 7) is 2.19. The lowest BCUT2D eigenvalue weighted by Gasteiger charge is -2.14. The van der Waals surface area contributed by atoms with Gasteiger partial charge in [-0.1, -0.05) is 13.3 Å². The van der Waals surface area contributed by atoms with Crippen LogP contribution < -0.4 is 11.1 Å². The molecular weight excluding hydrogens is 274 g/mol. The van der Waals surface area contributed by atoms with Crippen LogP contribution in [0.25, 0.3) is 0 Å². The lowest BCUT2D eigenvalue weighted by Crippen LogP contribution is -2.22. The number of sulfonamides is 1. The molecule has 5 nitrogen and oxygen atoms in total. The Balaban J connectivity index is 2.11. The molecule has 0 bridgehead atoms. The van der Waals surface area contributed by atoms with E-state index in [-0.39, 0.29) is 4.90 Å². The van der Waals surface area contributed by atoms with Gasteiger partial charge in [-0.2, -0.15) is 0 Å². The number of hydrogen-bond acceptors (Lipinski definition) is 4. The summed E-state index contributed by atoms with van der Waals surface area (Å²) in [7, 11) is -0.401. The Morgan fingerprint density at radius 2 is 2.10 bits per heavy atom. The van der Waals surface area contributed by atoms with Gasteiger partial charge >= 0.3 is 0 Å². The van der Waals surface area contributed by atoms with Crippen LogP contribution in [-0.4, -0.2) is 32.9 Å². The smallest absolute Gasteiger partial charge is 0.242 e. The van der Waals surface area contributed by atoms with Crippen molar-refractivity contribution in [2.45, 2.75) is 37.1 Å². The maximum atomic E-state index is 12.0. The van der Waals surface area contributed by atoms with Gasteiger partial charge in [-0.25, -0.2) is 12.7 Å². The molecule has 1 aromatic rings. The molecule has 0 radical (unpaired) electrons. The van der Waals surface area contributed by atoms with Crippen LogP contribution >= 0.6 is 0 Å². The maximum Gasteiger partial charge on any atom is 0.242 e. The normalized spacial score (nSPS) is 22.0. The van der Waals surface area contributed by atoms with E-state index in [1.54, 1.807) is 12.1 Å². The molecular formula is C14H23N3O2S. The maximum absolute atomic E-state index is 12.0. The zero-order valence-electron chi connectivity index (χ0n) is 12.3. The van der Waals surface area contributed by atoms with Crippen LogP contribution in [-0.2, 0) is 10.0 Å². The molecule has 0 heterocycles. The Labute approximate surface area is 121 Å². The molecule has 1 aromatic carbocycles. The van der Waals surface area contributed by atoms with Crippen LogP contribution in [0.3, 0.4) is 0 Å². The molecule has 2 atom stereocenters. The molecule has 0 spiro atoms. The summed E-state index contributed by atoms with van der Waals surface area (Å²) in [5.41, 5.74) is 7.28. The van der Waals surface area contributed by atoms with Crippen molar-refractivity contribution in [2.75, 3.05) is 25.1 Å². The molecule has 3 N–H and O–H groups in total. The fourth-order valence-corrected chi connectivity index (χ4v) is 3.30. The summed E-state index contributed by atoms with van der Waals surface area (Å²) < 4.78 is 25.2. The largest absolute Gasteiger partial charge is 0.397 e. The Morgan fingerprint density at radius 3 is 2.65 bits per heavy atom. The first-order valence-electron chi connectivity index (χ1n) is 6.95. The highest BCUT2D eigenvalue weighted by molar-refractivity contribution is 7.89. The summed E-state index contributed by atoms with van der Waals surface area (Å²) in [4.78, 5) is 0.228. The molecule has 20 heavy (non-hydrogen) atoms. The van der Waals surface area contributed by atoms with Crippen molar-refractivity contribution in [1.29, 1.82) is 0 Å². The molecule has 1 fully saturated rings. The molecule has 0 amide bonds. The van der Waals surface area contributed by atoms with Crippen LogP contribution in [0.1, 0.15) is 26.2 Å². The molecule has 0 aliphatic heterocycles. The highest BCUT2D eigenvalue weighted by atomic mass is 32.2. The van der Waals surface area contributed by atoms with Crippen molar-refractivity contribution in [2.24, 2.45) is 5.92 Å². The van der Waals surface area contributed by atoms with Crippen molar-refractivity contribution in [1.82, 2.24) is 4.31 Å². The van der Waals surface area contributed by atoms with Crippen molar-refractivity contribution in [3.05, 3.63) is 18.2 Å². The van der Waals surface area contributed by atoms with E-state index in [0.717, 1.165) is 11.6 Å². The zero-order valence-corrected chi connectivity index (χ0v) is 13.1. The SMILES string of the molecule is CCCC1CC1Nc1ccc(S(=O)(=O)N(C)C)cc1N. The van der Waals surface area contributed by atoms with E-state index in [1.807, 2.05) is 0 Å². The molecule has 2 rings (SSSR count). The molecule has 112 valence electrons. The minimum absolute atomic E-state index is 0.228. The van der Waals surface area contributed by atoms with E-state index in [1.165, 1.54) is 43.7 Å². The van der Waals surface area contributed by atoms with Gasteiger partial charge in [0.25, 0.3) is 0 Å². The first-order chi connectivity index (χ1) is 9.36. The number of nitrogens with zero attached hydrogens (tertiary/aromatic N) is 1. The Morgan fingerprint density at radius 1 is 1.40 bits per heavy atom. The predicted molar refractivity (Wildman–Crippen MR) is 82.2 cm³/mol. The second-order valence-electron chi connectivity index (χ2n) is 5.57. The van der Waals surface area contributed by atoms with Gasteiger partial charge in [-0.05, 0) is 37.0 Å². The molecule has 1 aliphatic carbocycles. The van der Waals surface area contributed by atoms with Crippen molar-refractivity contribution >= 4 is 21.4 Å². The summed E-state index contributed by atoms with van der Waals surface area (Å²) >= 11 is 0. The molecule has 0 aromatic heterocycles. The first-order valence-corrected chi connectivity index (χ1v) is 8.39. The third-order valence-corrected chi connectivity index (χ3v) is 5.54. The topological polar surface area (TPSA) is 75.4 Å². The second-order valence-corrected chi connectivity index (χ2v) is 7.72. The third kappa shape index (κ3) is 3.07. The minimum Gasteiger partial charge on any atom is -0.397 e. The summed E-state index contributed by atoms with van der Waals surface area (Å²) in [5, 5.41) is 3.39. The fraction of sp³-hybridized carbons (Fsp3) is 0.571. The second kappa shape index (κ2) is 5.61. The number of nitrogens with two attached hydrogens (primary N) is 1. The fourth-order valence-electron chi connectivity index (χ4n) is 2.36. The molecule has 0 saturated heterocycles. The Kier molecular flexibility index (Phi) is 4.25. The predicted octanol–water partition coefficient (Wildman–Crippen LogP) is 2.12. The zero-order chi connectivity index (χ0) is 14.9. The van der Waals surface area contributed by atoms with E-state index in [4.69, 9.17) is 5.73 Å². The lowest BCUT2D eigenvalue weighted by atomic mass is 10.2. The van der Waals surface area contributed by atoms with E-state index in [0.29, 0.717) is 11.7 Å². The molecule has 6 heteroatoms. The van der Waals surface area contributed by atoms with E-state index < -0.39 is 10.0 Å². The first kappa shape index (κ1) is 15.1. The van der Waals surface area contributed by atoms with E-state index in [2.05, 4.69) is 12.2 Å². The van der Waals surface area contributed by atoms with Gasteiger partial charge in [0.1, 0.15) is 0 Å². The van der Waals surface area contributed by atoms with Crippen molar-refractivity contribution in [3.8, 4) is 0 Å².